The molecule has 9 heteroatoms. The van der Waals surface area contributed by atoms with Gasteiger partial charge in [-0.3, -0.25) is 9.59 Å². The molecule has 2 N–H and O–H groups in total. The number of carbonyl (C=O) groups is 2. The molecule has 0 aliphatic rings. The molecule has 0 aliphatic carbocycles. The molecule has 0 atom stereocenters. The molecule has 0 fully saturated rings. The minimum atomic E-state index is -0.407. The number of carbonyl (C=O) groups excluding carboxylic acids is 2. The Morgan fingerprint density at radius 2 is 1.86 bits per heavy atom. The van der Waals surface area contributed by atoms with Crippen molar-refractivity contribution in [2.24, 2.45) is 0 Å². The van der Waals surface area contributed by atoms with E-state index in [4.69, 9.17) is 16.3 Å². The van der Waals surface area contributed by atoms with E-state index in [2.05, 4.69) is 20.9 Å². The molecule has 8 nitrogen and oxygen atoms in total. The molecule has 2 aromatic carbocycles. The average molecular weight is 414 g/mol. The zero-order chi connectivity index (χ0) is 20.8. The first-order chi connectivity index (χ1) is 14.0. The van der Waals surface area contributed by atoms with Crippen LogP contribution in [0.4, 0.5) is 5.69 Å². The van der Waals surface area contributed by atoms with Crippen molar-refractivity contribution in [2.75, 3.05) is 12.4 Å². The van der Waals surface area contributed by atoms with E-state index in [1.54, 1.807) is 44.4 Å². The van der Waals surface area contributed by atoms with E-state index in [0.717, 1.165) is 5.56 Å². The molecular weight excluding hydrogens is 394 g/mol. The maximum absolute atomic E-state index is 12.5. The summed E-state index contributed by atoms with van der Waals surface area (Å²) in [4.78, 5) is 24.7. The Balaban J connectivity index is 1.60. The maximum atomic E-state index is 12.5. The van der Waals surface area contributed by atoms with Gasteiger partial charge in [0.15, 0.2) is 5.69 Å². The van der Waals surface area contributed by atoms with Gasteiger partial charge in [-0.1, -0.05) is 35.0 Å². The number of hydrogen-bond donors (Lipinski definition) is 2. The lowest BCUT2D eigenvalue weighted by molar-refractivity contribution is -0.122. The van der Waals surface area contributed by atoms with Crippen LogP contribution in [-0.2, 0) is 17.9 Å². The minimum absolute atomic E-state index is 0.0564. The van der Waals surface area contributed by atoms with Crippen LogP contribution in [-0.4, -0.2) is 33.9 Å². The van der Waals surface area contributed by atoms with Crippen molar-refractivity contribution >= 4 is 29.1 Å². The average Bonchev–Trinajstić information content (AvgIpc) is 3.08. The second-order valence-corrected chi connectivity index (χ2v) is 6.64. The lowest BCUT2D eigenvalue weighted by atomic mass is 10.2. The quantitative estimate of drug-likeness (QED) is 0.620. The van der Waals surface area contributed by atoms with E-state index in [0.29, 0.717) is 28.7 Å². The molecule has 150 valence electrons. The van der Waals surface area contributed by atoms with Crippen molar-refractivity contribution < 1.29 is 14.3 Å². The van der Waals surface area contributed by atoms with E-state index < -0.39 is 5.91 Å². The summed E-state index contributed by atoms with van der Waals surface area (Å²) in [6.45, 7) is 1.93. The first-order valence-electron chi connectivity index (χ1n) is 8.83. The van der Waals surface area contributed by atoms with Gasteiger partial charge in [0, 0.05) is 17.3 Å². The molecule has 3 rings (SSSR count). The third-order valence-corrected chi connectivity index (χ3v) is 4.64. The lowest BCUT2D eigenvalue weighted by Gasteiger charge is -2.08. The van der Waals surface area contributed by atoms with Gasteiger partial charge in [-0.05, 0) is 42.8 Å². The maximum Gasteiger partial charge on any atom is 0.278 e. The Labute approximate surface area is 172 Å². The summed E-state index contributed by atoms with van der Waals surface area (Å²) >= 11 is 6.08. The molecule has 0 unspecified atom stereocenters. The molecule has 2 amide bonds. The largest absolute Gasteiger partial charge is 0.497 e. The molecule has 0 spiro atoms. The number of nitrogens with zero attached hydrogens (tertiary/aromatic N) is 3. The van der Waals surface area contributed by atoms with Crippen LogP contribution in [0.5, 0.6) is 5.75 Å². The smallest absolute Gasteiger partial charge is 0.278 e. The number of nitrogens with one attached hydrogen (secondary N) is 2. The number of rotatable bonds is 7. The van der Waals surface area contributed by atoms with Crippen molar-refractivity contribution in [1.82, 2.24) is 20.3 Å². The van der Waals surface area contributed by atoms with Crippen molar-refractivity contribution in [3.8, 4) is 5.75 Å². The van der Waals surface area contributed by atoms with Gasteiger partial charge in [-0.2, -0.15) is 0 Å². The second-order valence-electron chi connectivity index (χ2n) is 6.23. The molecule has 29 heavy (non-hydrogen) atoms. The van der Waals surface area contributed by atoms with Crippen LogP contribution in [0.25, 0.3) is 0 Å². The van der Waals surface area contributed by atoms with Crippen LogP contribution < -0.4 is 15.4 Å². The topological polar surface area (TPSA) is 98.1 Å². The molecule has 3 aromatic rings. The highest BCUT2D eigenvalue weighted by Gasteiger charge is 2.18. The van der Waals surface area contributed by atoms with Crippen LogP contribution in [0.15, 0.2) is 48.5 Å². The predicted molar refractivity (Wildman–Crippen MR) is 109 cm³/mol. The van der Waals surface area contributed by atoms with Crippen molar-refractivity contribution in [3.63, 3.8) is 0 Å². The number of anilines is 1. The van der Waals surface area contributed by atoms with E-state index in [9.17, 15) is 9.59 Å². The number of amides is 2. The molecule has 1 heterocycles. The Hall–Kier alpha value is -3.39. The number of hydrogen-bond acceptors (Lipinski definition) is 5. The minimum Gasteiger partial charge on any atom is -0.497 e. The van der Waals surface area contributed by atoms with Gasteiger partial charge >= 0.3 is 0 Å². The van der Waals surface area contributed by atoms with Gasteiger partial charge in [0.2, 0.25) is 5.91 Å². The first-order valence-corrected chi connectivity index (χ1v) is 9.21. The monoisotopic (exact) mass is 413 g/mol. The summed E-state index contributed by atoms with van der Waals surface area (Å²) in [6, 6.07) is 14.2. The number of ether oxygens (including phenoxy) is 1. The fourth-order valence-electron chi connectivity index (χ4n) is 2.61. The van der Waals surface area contributed by atoms with Gasteiger partial charge in [-0.25, -0.2) is 4.68 Å². The summed E-state index contributed by atoms with van der Waals surface area (Å²) in [5, 5.41) is 13.9. The highest BCUT2D eigenvalue weighted by molar-refractivity contribution is 6.31. The summed E-state index contributed by atoms with van der Waals surface area (Å²) in [5.41, 5.74) is 2.06. The Morgan fingerprint density at radius 1 is 1.14 bits per heavy atom. The zero-order valence-corrected chi connectivity index (χ0v) is 16.7. The van der Waals surface area contributed by atoms with Crippen LogP contribution in [0.1, 0.15) is 21.7 Å². The normalized spacial score (nSPS) is 10.4. The summed E-state index contributed by atoms with van der Waals surface area (Å²) in [5.74, 6) is 0.0170. The third-order valence-electron chi connectivity index (χ3n) is 4.27. The molecule has 0 aliphatic heterocycles. The fourth-order valence-corrected chi connectivity index (χ4v) is 2.82. The summed E-state index contributed by atoms with van der Waals surface area (Å²) < 4.78 is 6.47. The zero-order valence-electron chi connectivity index (χ0n) is 16.0. The highest BCUT2D eigenvalue weighted by atomic mass is 35.5. The van der Waals surface area contributed by atoms with E-state index >= 15 is 0 Å². The number of benzene rings is 2. The van der Waals surface area contributed by atoms with Crippen molar-refractivity contribution in [3.05, 3.63) is 70.5 Å². The second kappa shape index (κ2) is 9.20. The van der Waals surface area contributed by atoms with Crippen LogP contribution >= 0.6 is 11.6 Å². The van der Waals surface area contributed by atoms with Gasteiger partial charge in [0.25, 0.3) is 5.91 Å². The van der Waals surface area contributed by atoms with Gasteiger partial charge in [0.05, 0.1) is 12.8 Å². The standard InChI is InChI=1S/C20H20ClN5O3/c1-13-19(20(28)23-15-7-9-16(29-2)10-8-15)24-25-26(13)12-18(27)22-11-14-5-3-4-6-17(14)21/h3-10H,11-12H2,1-2H3,(H,22,27)(H,23,28). The van der Waals surface area contributed by atoms with Gasteiger partial charge in [-0.15, -0.1) is 5.10 Å². The van der Waals surface area contributed by atoms with E-state index in [1.165, 1.54) is 4.68 Å². The third kappa shape index (κ3) is 5.11. The van der Waals surface area contributed by atoms with Crippen molar-refractivity contribution in [2.45, 2.75) is 20.0 Å². The van der Waals surface area contributed by atoms with Gasteiger partial charge < -0.3 is 15.4 Å². The molecule has 0 bridgehead atoms. The van der Waals surface area contributed by atoms with E-state index in [-0.39, 0.29) is 18.1 Å². The van der Waals surface area contributed by atoms with Crippen LogP contribution in [0.2, 0.25) is 5.02 Å². The van der Waals surface area contributed by atoms with E-state index in [1.807, 2.05) is 18.2 Å². The molecule has 1 aromatic heterocycles. The Morgan fingerprint density at radius 3 is 2.55 bits per heavy atom. The highest BCUT2D eigenvalue weighted by Crippen LogP contribution is 2.16. The Kier molecular flexibility index (Phi) is 6.46. The first kappa shape index (κ1) is 20.3. The van der Waals surface area contributed by atoms with Crippen LogP contribution in [0, 0.1) is 6.92 Å². The van der Waals surface area contributed by atoms with Gasteiger partial charge in [0.1, 0.15) is 12.3 Å². The molecular formula is C20H20ClN5O3. The number of aromatic nitrogens is 3. The van der Waals surface area contributed by atoms with Crippen LogP contribution in [0.3, 0.4) is 0 Å². The summed E-state index contributed by atoms with van der Waals surface area (Å²) in [6.07, 6.45) is 0. The Bertz CT molecular complexity index is 1020. The SMILES string of the molecule is COc1ccc(NC(=O)c2nnn(CC(=O)NCc3ccccc3Cl)c2C)cc1. The lowest BCUT2D eigenvalue weighted by Crippen LogP contribution is -2.28. The fraction of sp³-hybridized carbons (Fsp3) is 0.200. The summed E-state index contributed by atoms with van der Waals surface area (Å²) in [7, 11) is 1.57. The molecule has 0 saturated heterocycles. The van der Waals surface area contributed by atoms with Crippen molar-refractivity contribution in [1.29, 1.82) is 0 Å². The molecule has 0 saturated carbocycles. The molecule has 0 radical (unpaired) electrons. The number of halogens is 1. The predicted octanol–water partition coefficient (Wildman–Crippen LogP) is 2.82. The number of methoxy groups -OCH3 is 1.